The number of anilines is 1. The van der Waals surface area contributed by atoms with Crippen LogP contribution in [0.3, 0.4) is 0 Å². The van der Waals surface area contributed by atoms with Gasteiger partial charge in [0.1, 0.15) is 0 Å². The molecule has 0 bridgehead atoms. The summed E-state index contributed by atoms with van der Waals surface area (Å²) in [7, 11) is 0. The lowest BCUT2D eigenvalue weighted by molar-refractivity contribution is 0.178. The lowest BCUT2D eigenvalue weighted by atomic mass is 9.85. The molecule has 18 heavy (non-hydrogen) atoms. The number of hydrogen-bond acceptors (Lipinski definition) is 3. The molecule has 0 radical (unpaired) electrons. The van der Waals surface area contributed by atoms with E-state index in [1.165, 1.54) is 12.8 Å². The first kappa shape index (κ1) is 12.9. The predicted octanol–water partition coefficient (Wildman–Crippen LogP) is 2.83. The van der Waals surface area contributed by atoms with E-state index in [-0.39, 0.29) is 6.61 Å². The van der Waals surface area contributed by atoms with Gasteiger partial charge in [0.05, 0.1) is 11.6 Å². The molecular formula is C15H20N2O. The van der Waals surface area contributed by atoms with Crippen LogP contribution in [0.15, 0.2) is 18.2 Å². The highest BCUT2D eigenvalue weighted by atomic mass is 16.3. The van der Waals surface area contributed by atoms with Crippen LogP contribution >= 0.6 is 0 Å². The number of aliphatic hydroxyl groups excluding tert-OH is 1. The van der Waals surface area contributed by atoms with Crippen LogP contribution in [0.2, 0.25) is 0 Å². The van der Waals surface area contributed by atoms with Gasteiger partial charge in [-0.15, -0.1) is 0 Å². The summed E-state index contributed by atoms with van der Waals surface area (Å²) in [5.74, 6) is 0.356. The molecule has 1 saturated carbocycles. The molecule has 2 rings (SSSR count). The van der Waals surface area contributed by atoms with Gasteiger partial charge in [0.2, 0.25) is 0 Å². The van der Waals surface area contributed by atoms with Crippen LogP contribution in [-0.2, 0) is 0 Å². The standard InChI is InChI=1S/C15H20N2O/c1-11-8-14(7-6-12(11)9-16)17-15-5-3-2-4-13(15)10-18/h6-8,13,15,17-18H,2-5,10H2,1H3. The SMILES string of the molecule is Cc1cc(NC2CCCCC2CO)ccc1C#N. The summed E-state index contributed by atoms with van der Waals surface area (Å²) >= 11 is 0. The highest BCUT2D eigenvalue weighted by molar-refractivity contribution is 5.52. The summed E-state index contributed by atoms with van der Waals surface area (Å²) in [6, 6.07) is 8.36. The molecule has 0 amide bonds. The van der Waals surface area contributed by atoms with E-state index >= 15 is 0 Å². The van der Waals surface area contributed by atoms with Crippen molar-refractivity contribution in [3.63, 3.8) is 0 Å². The van der Waals surface area contributed by atoms with E-state index < -0.39 is 0 Å². The van der Waals surface area contributed by atoms with E-state index in [0.717, 1.165) is 29.7 Å². The number of nitrogens with zero attached hydrogens (tertiary/aromatic N) is 1. The Labute approximate surface area is 108 Å². The van der Waals surface area contributed by atoms with Gasteiger partial charge in [-0.3, -0.25) is 0 Å². The van der Waals surface area contributed by atoms with E-state index in [2.05, 4.69) is 11.4 Å². The van der Waals surface area contributed by atoms with Crippen LogP contribution in [0.25, 0.3) is 0 Å². The largest absolute Gasteiger partial charge is 0.396 e. The zero-order chi connectivity index (χ0) is 13.0. The maximum Gasteiger partial charge on any atom is 0.0994 e. The summed E-state index contributed by atoms with van der Waals surface area (Å²) < 4.78 is 0. The van der Waals surface area contributed by atoms with Gasteiger partial charge in [0.25, 0.3) is 0 Å². The normalized spacial score (nSPS) is 23.4. The van der Waals surface area contributed by atoms with Gasteiger partial charge in [0.15, 0.2) is 0 Å². The molecule has 96 valence electrons. The molecule has 2 unspecified atom stereocenters. The number of benzene rings is 1. The molecule has 2 N–H and O–H groups in total. The summed E-state index contributed by atoms with van der Waals surface area (Å²) in [6.07, 6.45) is 4.66. The Bertz CT molecular complexity index is 450. The molecule has 0 saturated heterocycles. The van der Waals surface area contributed by atoms with E-state index in [9.17, 15) is 5.11 Å². The molecule has 1 aliphatic carbocycles. The van der Waals surface area contributed by atoms with Crippen molar-refractivity contribution >= 4 is 5.69 Å². The highest BCUT2D eigenvalue weighted by Crippen LogP contribution is 2.27. The van der Waals surface area contributed by atoms with E-state index in [1.807, 2.05) is 25.1 Å². The van der Waals surface area contributed by atoms with Crippen LogP contribution in [0.4, 0.5) is 5.69 Å². The van der Waals surface area contributed by atoms with E-state index in [4.69, 9.17) is 5.26 Å². The third kappa shape index (κ3) is 2.83. The lowest BCUT2D eigenvalue weighted by Crippen LogP contribution is -2.34. The maximum atomic E-state index is 9.39. The predicted molar refractivity (Wildman–Crippen MR) is 72.3 cm³/mol. The molecule has 0 heterocycles. The zero-order valence-electron chi connectivity index (χ0n) is 10.8. The second kappa shape index (κ2) is 5.88. The van der Waals surface area contributed by atoms with Gasteiger partial charge in [-0.25, -0.2) is 0 Å². The highest BCUT2D eigenvalue weighted by Gasteiger charge is 2.24. The van der Waals surface area contributed by atoms with Crippen LogP contribution in [0, 0.1) is 24.2 Å². The van der Waals surface area contributed by atoms with Gasteiger partial charge >= 0.3 is 0 Å². The summed E-state index contributed by atoms with van der Waals surface area (Å²) in [5, 5.41) is 21.8. The van der Waals surface area contributed by atoms with Crippen molar-refractivity contribution in [2.24, 2.45) is 5.92 Å². The smallest absolute Gasteiger partial charge is 0.0994 e. The minimum Gasteiger partial charge on any atom is -0.396 e. The number of rotatable bonds is 3. The number of nitrogens with one attached hydrogen (secondary N) is 1. The number of aryl methyl sites for hydroxylation is 1. The molecule has 1 aromatic carbocycles. The minimum atomic E-state index is 0.257. The number of hydrogen-bond donors (Lipinski definition) is 2. The molecule has 3 heteroatoms. The van der Waals surface area contributed by atoms with E-state index in [1.54, 1.807) is 0 Å². The average Bonchev–Trinajstić information content (AvgIpc) is 2.39. The van der Waals surface area contributed by atoms with Crippen LogP contribution in [0.5, 0.6) is 0 Å². The molecule has 1 aliphatic rings. The first-order chi connectivity index (χ1) is 8.74. The van der Waals surface area contributed by atoms with E-state index in [0.29, 0.717) is 12.0 Å². The summed E-state index contributed by atoms with van der Waals surface area (Å²) in [6.45, 7) is 2.21. The Kier molecular flexibility index (Phi) is 4.22. The van der Waals surface area contributed by atoms with Crippen LogP contribution in [-0.4, -0.2) is 17.8 Å². The Morgan fingerprint density at radius 1 is 1.39 bits per heavy atom. The molecule has 3 nitrogen and oxygen atoms in total. The fourth-order valence-corrected chi connectivity index (χ4v) is 2.71. The molecular weight excluding hydrogens is 224 g/mol. The van der Waals surface area contributed by atoms with Gasteiger partial charge in [0, 0.05) is 24.3 Å². The van der Waals surface area contributed by atoms with Gasteiger partial charge in [-0.2, -0.15) is 5.26 Å². The van der Waals surface area contributed by atoms with Crippen LogP contribution < -0.4 is 5.32 Å². The van der Waals surface area contributed by atoms with Crippen molar-refractivity contribution < 1.29 is 5.11 Å². The zero-order valence-corrected chi connectivity index (χ0v) is 10.8. The topological polar surface area (TPSA) is 56.0 Å². The Balaban J connectivity index is 2.08. The summed E-state index contributed by atoms with van der Waals surface area (Å²) in [5.41, 5.74) is 2.78. The van der Waals surface area contributed by atoms with Gasteiger partial charge < -0.3 is 10.4 Å². The lowest BCUT2D eigenvalue weighted by Gasteiger charge is -2.31. The molecule has 1 aromatic rings. The van der Waals surface area contributed by atoms with Crippen molar-refractivity contribution in [3.8, 4) is 6.07 Å². The first-order valence-corrected chi connectivity index (χ1v) is 6.62. The maximum absolute atomic E-state index is 9.39. The van der Waals surface area contributed by atoms with Crippen LogP contribution in [0.1, 0.15) is 36.8 Å². The average molecular weight is 244 g/mol. The Morgan fingerprint density at radius 3 is 2.83 bits per heavy atom. The third-order valence-corrected chi connectivity index (χ3v) is 3.84. The Morgan fingerprint density at radius 2 is 2.17 bits per heavy atom. The number of aliphatic hydroxyl groups is 1. The summed E-state index contributed by atoms with van der Waals surface area (Å²) in [4.78, 5) is 0. The van der Waals surface area contributed by atoms with Gasteiger partial charge in [-0.05, 0) is 43.5 Å². The van der Waals surface area contributed by atoms with Gasteiger partial charge in [-0.1, -0.05) is 12.8 Å². The minimum absolute atomic E-state index is 0.257. The molecule has 0 aliphatic heterocycles. The fraction of sp³-hybridized carbons (Fsp3) is 0.533. The molecule has 1 fully saturated rings. The second-order valence-electron chi connectivity index (χ2n) is 5.12. The quantitative estimate of drug-likeness (QED) is 0.859. The second-order valence-corrected chi connectivity index (χ2v) is 5.12. The molecule has 0 spiro atoms. The van der Waals surface area contributed by atoms with Crippen molar-refractivity contribution in [1.82, 2.24) is 0 Å². The molecule has 0 aromatic heterocycles. The van der Waals surface area contributed by atoms with Crippen molar-refractivity contribution in [1.29, 1.82) is 5.26 Å². The number of nitriles is 1. The van der Waals surface area contributed by atoms with Crippen molar-refractivity contribution in [3.05, 3.63) is 29.3 Å². The fourth-order valence-electron chi connectivity index (χ4n) is 2.71. The Hall–Kier alpha value is -1.53. The first-order valence-electron chi connectivity index (χ1n) is 6.62. The third-order valence-electron chi connectivity index (χ3n) is 3.84. The molecule has 2 atom stereocenters. The van der Waals surface area contributed by atoms with Crippen molar-refractivity contribution in [2.45, 2.75) is 38.6 Å². The van der Waals surface area contributed by atoms with Crippen molar-refractivity contribution in [2.75, 3.05) is 11.9 Å². The monoisotopic (exact) mass is 244 g/mol.